The highest BCUT2D eigenvalue weighted by Gasteiger charge is 2.28. The van der Waals surface area contributed by atoms with Gasteiger partial charge < -0.3 is 14.9 Å². The number of hydrogen-bond donors (Lipinski definition) is 2. The molecule has 31 heavy (non-hydrogen) atoms. The van der Waals surface area contributed by atoms with Crippen molar-refractivity contribution >= 4 is 22.6 Å². The van der Waals surface area contributed by atoms with E-state index in [1.165, 1.54) is 0 Å². The van der Waals surface area contributed by atoms with E-state index in [2.05, 4.69) is 22.6 Å². The summed E-state index contributed by atoms with van der Waals surface area (Å²) in [7, 11) is 1.60. The maximum atomic E-state index is 11.2. The van der Waals surface area contributed by atoms with E-state index < -0.39 is 9.71 Å². The van der Waals surface area contributed by atoms with Gasteiger partial charge in [-0.3, -0.25) is 0 Å². The van der Waals surface area contributed by atoms with Crippen LogP contribution in [0.15, 0.2) is 103 Å². The van der Waals surface area contributed by atoms with Gasteiger partial charge in [-0.2, -0.15) is 0 Å². The lowest BCUT2D eigenvalue weighted by Gasteiger charge is -2.23. The second kappa shape index (κ2) is 9.22. The number of hydrogen-bond acceptors (Lipinski definition) is 3. The molecule has 2 unspecified atom stereocenters. The van der Waals surface area contributed by atoms with E-state index in [1.807, 2.05) is 103 Å². The molecule has 0 heterocycles. The predicted molar refractivity (Wildman–Crippen MR) is 132 cm³/mol. The molecule has 4 aromatic rings. The second-order valence-corrected chi connectivity index (χ2v) is 8.90. The lowest BCUT2D eigenvalue weighted by Crippen LogP contribution is -2.18. The van der Waals surface area contributed by atoms with E-state index >= 15 is 0 Å². The molecule has 4 rings (SSSR count). The van der Waals surface area contributed by atoms with Crippen molar-refractivity contribution in [2.75, 3.05) is 7.11 Å². The SMILES string of the molecule is COc1ccc(-c2cccc(C(O)(I)c3ccccc3)c2)cc1C(O)c1ccccc1. The molecule has 0 aliphatic carbocycles. The zero-order valence-electron chi connectivity index (χ0n) is 17.1. The Bertz CT molecular complexity index is 1160. The Morgan fingerprint density at radius 2 is 1.35 bits per heavy atom. The lowest BCUT2D eigenvalue weighted by atomic mass is 9.94. The fourth-order valence-corrected chi connectivity index (χ4v) is 4.37. The van der Waals surface area contributed by atoms with Crippen molar-refractivity contribution in [3.05, 3.63) is 125 Å². The van der Waals surface area contributed by atoms with Gasteiger partial charge >= 0.3 is 0 Å². The van der Waals surface area contributed by atoms with E-state index in [-0.39, 0.29) is 0 Å². The van der Waals surface area contributed by atoms with Crippen LogP contribution < -0.4 is 4.74 Å². The van der Waals surface area contributed by atoms with Crippen LogP contribution in [0.3, 0.4) is 0 Å². The molecule has 0 fully saturated rings. The van der Waals surface area contributed by atoms with Crippen molar-refractivity contribution in [3.8, 4) is 16.9 Å². The third-order valence-electron chi connectivity index (χ3n) is 5.37. The number of alkyl halides is 1. The van der Waals surface area contributed by atoms with Crippen LogP contribution in [0.25, 0.3) is 11.1 Å². The molecule has 0 spiro atoms. The van der Waals surface area contributed by atoms with E-state index in [9.17, 15) is 10.2 Å². The Kier molecular flexibility index (Phi) is 6.41. The molecule has 2 atom stereocenters. The fourth-order valence-electron chi connectivity index (χ4n) is 3.67. The number of benzene rings is 4. The molecule has 0 radical (unpaired) electrons. The normalized spacial score (nSPS) is 13.9. The van der Waals surface area contributed by atoms with Crippen molar-refractivity contribution in [1.29, 1.82) is 0 Å². The van der Waals surface area contributed by atoms with Crippen molar-refractivity contribution in [3.63, 3.8) is 0 Å². The molecule has 0 amide bonds. The Morgan fingerprint density at radius 3 is 2.03 bits per heavy atom. The third kappa shape index (κ3) is 4.51. The van der Waals surface area contributed by atoms with Crippen LogP contribution in [-0.4, -0.2) is 17.3 Å². The summed E-state index contributed by atoms with van der Waals surface area (Å²) in [5.74, 6) is 0.630. The molecule has 0 saturated heterocycles. The number of rotatable bonds is 6. The monoisotopic (exact) mass is 522 g/mol. The smallest absolute Gasteiger partial charge is 0.166 e. The van der Waals surface area contributed by atoms with Crippen molar-refractivity contribution < 1.29 is 14.9 Å². The van der Waals surface area contributed by atoms with E-state index in [4.69, 9.17) is 4.74 Å². The van der Waals surface area contributed by atoms with Gasteiger partial charge in [-0.25, -0.2) is 0 Å². The van der Waals surface area contributed by atoms with Crippen LogP contribution >= 0.6 is 22.6 Å². The average molecular weight is 522 g/mol. The average Bonchev–Trinajstić information content (AvgIpc) is 2.84. The summed E-state index contributed by atoms with van der Waals surface area (Å²) >= 11 is 2.08. The van der Waals surface area contributed by atoms with Gasteiger partial charge in [-0.1, -0.05) is 84.9 Å². The molecule has 4 aromatic carbocycles. The van der Waals surface area contributed by atoms with Gasteiger partial charge in [-0.05, 0) is 68.6 Å². The number of ether oxygens (including phenoxy) is 1. The Balaban J connectivity index is 1.75. The highest BCUT2D eigenvalue weighted by atomic mass is 127. The van der Waals surface area contributed by atoms with Crippen molar-refractivity contribution in [1.82, 2.24) is 0 Å². The van der Waals surface area contributed by atoms with Gasteiger partial charge in [0.2, 0.25) is 0 Å². The van der Waals surface area contributed by atoms with E-state index in [0.717, 1.165) is 27.8 Å². The molecule has 0 bridgehead atoms. The van der Waals surface area contributed by atoms with Gasteiger partial charge in [0.1, 0.15) is 11.9 Å². The molecular formula is C27H23IO3. The first-order chi connectivity index (χ1) is 15.0. The summed E-state index contributed by atoms with van der Waals surface area (Å²) in [6.07, 6.45) is -0.801. The van der Waals surface area contributed by atoms with Crippen LogP contribution in [0.1, 0.15) is 28.4 Å². The molecule has 2 N–H and O–H groups in total. The first-order valence-corrected chi connectivity index (χ1v) is 11.1. The lowest BCUT2D eigenvalue weighted by molar-refractivity contribution is 0.200. The zero-order chi connectivity index (χ0) is 21.8. The quantitative estimate of drug-likeness (QED) is 0.239. The molecular weight excluding hydrogens is 499 g/mol. The summed E-state index contributed by atoms with van der Waals surface area (Å²) in [5.41, 5.74) is 5.00. The van der Waals surface area contributed by atoms with Gasteiger partial charge in [0.15, 0.2) is 3.61 Å². The van der Waals surface area contributed by atoms with Crippen LogP contribution in [0, 0.1) is 0 Å². The molecule has 0 aliphatic rings. The summed E-state index contributed by atoms with van der Waals surface area (Å²) in [4.78, 5) is 0. The summed E-state index contributed by atoms with van der Waals surface area (Å²) in [6.45, 7) is 0. The van der Waals surface area contributed by atoms with Gasteiger partial charge in [0.25, 0.3) is 0 Å². The fraction of sp³-hybridized carbons (Fsp3) is 0.111. The predicted octanol–water partition coefficient (Wildman–Crippen LogP) is 6.07. The summed E-state index contributed by atoms with van der Waals surface area (Å²) in [5, 5.41) is 22.2. The Hall–Kier alpha value is -2.67. The van der Waals surface area contributed by atoms with Crippen molar-refractivity contribution in [2.45, 2.75) is 9.71 Å². The Labute approximate surface area is 196 Å². The van der Waals surface area contributed by atoms with Gasteiger partial charge in [0.05, 0.1) is 7.11 Å². The molecule has 4 heteroatoms. The van der Waals surface area contributed by atoms with Gasteiger partial charge in [0, 0.05) is 5.56 Å². The number of aliphatic hydroxyl groups is 2. The molecule has 156 valence electrons. The topological polar surface area (TPSA) is 49.7 Å². The number of methoxy groups -OCH3 is 1. The Morgan fingerprint density at radius 1 is 0.742 bits per heavy atom. The first-order valence-electron chi connectivity index (χ1n) is 9.99. The minimum Gasteiger partial charge on any atom is -0.496 e. The van der Waals surface area contributed by atoms with Crippen LogP contribution in [0.5, 0.6) is 5.75 Å². The standard InChI is InChI=1S/C27H23IO3/c1-31-25-16-15-21(18-24(25)26(29)19-9-4-2-5-10-19)20-11-8-14-23(17-20)27(28,30)22-12-6-3-7-13-22/h2-18,26,29-30H,1H3. The largest absolute Gasteiger partial charge is 0.496 e. The molecule has 0 saturated carbocycles. The van der Waals surface area contributed by atoms with Crippen LogP contribution in [-0.2, 0) is 3.61 Å². The minimum atomic E-state index is -1.14. The first kappa shape index (κ1) is 21.6. The summed E-state index contributed by atoms with van der Waals surface area (Å²) < 4.78 is 4.37. The van der Waals surface area contributed by atoms with Crippen molar-refractivity contribution in [2.24, 2.45) is 0 Å². The minimum absolute atomic E-state index is 0.630. The number of aliphatic hydroxyl groups excluding tert-OH is 1. The van der Waals surface area contributed by atoms with Crippen LogP contribution in [0.4, 0.5) is 0 Å². The highest BCUT2D eigenvalue weighted by molar-refractivity contribution is 14.1. The number of halogens is 1. The third-order valence-corrected chi connectivity index (χ3v) is 6.62. The van der Waals surface area contributed by atoms with Gasteiger partial charge in [-0.15, -0.1) is 0 Å². The van der Waals surface area contributed by atoms with Crippen LogP contribution in [0.2, 0.25) is 0 Å². The zero-order valence-corrected chi connectivity index (χ0v) is 19.2. The second-order valence-electron chi connectivity index (χ2n) is 7.34. The maximum absolute atomic E-state index is 11.2. The molecule has 0 aromatic heterocycles. The maximum Gasteiger partial charge on any atom is 0.166 e. The molecule has 3 nitrogen and oxygen atoms in total. The highest BCUT2D eigenvalue weighted by Crippen LogP contribution is 2.39. The summed E-state index contributed by atoms with van der Waals surface area (Å²) in [6, 6.07) is 32.8. The van der Waals surface area contributed by atoms with E-state index in [0.29, 0.717) is 11.3 Å². The molecule has 0 aliphatic heterocycles. The van der Waals surface area contributed by atoms with E-state index in [1.54, 1.807) is 7.11 Å².